The van der Waals surface area contributed by atoms with Crippen molar-refractivity contribution < 1.29 is 13.6 Å². The van der Waals surface area contributed by atoms with Crippen molar-refractivity contribution in [3.05, 3.63) is 66.0 Å². The summed E-state index contributed by atoms with van der Waals surface area (Å²) in [6.45, 7) is 0.397. The van der Waals surface area contributed by atoms with Gasteiger partial charge in [0.15, 0.2) is 5.82 Å². The predicted octanol–water partition coefficient (Wildman–Crippen LogP) is 3.97. The van der Waals surface area contributed by atoms with Crippen LogP contribution in [0.2, 0.25) is 0 Å². The molecule has 0 atom stereocenters. The van der Waals surface area contributed by atoms with Crippen LogP contribution in [0.3, 0.4) is 0 Å². The number of hydrogen-bond acceptors (Lipinski definition) is 6. The number of amides is 1. The molecule has 9 heteroatoms. The van der Waals surface area contributed by atoms with E-state index in [2.05, 4.69) is 16.3 Å². The number of carbonyl (C=O) groups is 1. The lowest BCUT2D eigenvalue weighted by Gasteiger charge is -2.27. The van der Waals surface area contributed by atoms with Gasteiger partial charge in [0.05, 0.1) is 18.6 Å². The lowest BCUT2D eigenvalue weighted by atomic mass is 10.0. The molecule has 0 aliphatic heterocycles. The molecule has 1 aliphatic carbocycles. The van der Waals surface area contributed by atoms with E-state index in [1.54, 1.807) is 23.3 Å². The van der Waals surface area contributed by atoms with E-state index >= 15 is 0 Å². The molecule has 0 saturated carbocycles. The van der Waals surface area contributed by atoms with Crippen molar-refractivity contribution in [1.29, 1.82) is 0 Å². The Kier molecular flexibility index (Phi) is 6.18. The van der Waals surface area contributed by atoms with Gasteiger partial charge >= 0.3 is 0 Å². The summed E-state index contributed by atoms with van der Waals surface area (Å²) in [7, 11) is 0. The molecule has 7 nitrogen and oxygen atoms in total. The highest BCUT2D eigenvalue weighted by Crippen LogP contribution is 2.26. The van der Waals surface area contributed by atoms with Crippen LogP contribution >= 0.6 is 11.8 Å². The van der Waals surface area contributed by atoms with E-state index < -0.39 is 0 Å². The molecule has 30 heavy (non-hydrogen) atoms. The second-order valence-corrected chi connectivity index (χ2v) is 7.91. The molecule has 4 rings (SSSR count). The van der Waals surface area contributed by atoms with Gasteiger partial charge in [0, 0.05) is 11.3 Å². The average molecular weight is 428 g/mol. The molecule has 156 valence electrons. The first-order valence-corrected chi connectivity index (χ1v) is 10.7. The molecule has 0 spiro atoms. The number of allylic oxidation sites excluding steroid dienone is 2. The topological polar surface area (TPSA) is 90.2 Å². The molecule has 0 saturated heterocycles. The molecule has 1 aliphatic rings. The van der Waals surface area contributed by atoms with Crippen molar-refractivity contribution in [2.75, 3.05) is 11.6 Å². The number of aromatic nitrogens is 3. The number of carbonyl (C=O) groups excluding carboxylic acids is 1. The fraction of sp³-hybridized carbons (Fsp3) is 0.286. The molecule has 3 aromatic rings. The summed E-state index contributed by atoms with van der Waals surface area (Å²) < 4.78 is 19.9. The third kappa shape index (κ3) is 4.56. The third-order valence-corrected chi connectivity index (χ3v) is 5.83. The Bertz CT molecular complexity index is 1030. The summed E-state index contributed by atoms with van der Waals surface area (Å²) in [5, 5.41) is 8.58. The number of nitrogens with two attached hydrogens (primary N) is 1. The molecule has 2 aromatic heterocycles. The molecule has 0 fully saturated rings. The zero-order valence-electron chi connectivity index (χ0n) is 16.3. The highest BCUT2D eigenvalue weighted by molar-refractivity contribution is 7.99. The minimum Gasteiger partial charge on any atom is -0.467 e. The van der Waals surface area contributed by atoms with Crippen LogP contribution < -0.4 is 5.84 Å². The van der Waals surface area contributed by atoms with Crippen LogP contribution in [0, 0.1) is 5.82 Å². The van der Waals surface area contributed by atoms with E-state index in [-0.39, 0.29) is 17.5 Å². The van der Waals surface area contributed by atoms with Crippen LogP contribution in [0.25, 0.3) is 11.4 Å². The first-order chi connectivity index (χ1) is 14.6. The molecular weight excluding hydrogens is 405 g/mol. The number of nitrogen functional groups attached to an aromatic ring is 1. The second-order valence-electron chi connectivity index (χ2n) is 6.97. The highest BCUT2D eigenvalue weighted by atomic mass is 32.2. The van der Waals surface area contributed by atoms with E-state index in [4.69, 9.17) is 10.3 Å². The molecule has 0 unspecified atom stereocenters. The van der Waals surface area contributed by atoms with Crippen molar-refractivity contribution >= 4 is 17.7 Å². The molecule has 2 heterocycles. The van der Waals surface area contributed by atoms with Crippen molar-refractivity contribution in [3.63, 3.8) is 0 Å². The van der Waals surface area contributed by atoms with Crippen LogP contribution in [0.1, 0.15) is 31.4 Å². The van der Waals surface area contributed by atoms with E-state index in [9.17, 15) is 9.18 Å². The molecule has 0 radical (unpaired) electrons. The molecule has 0 bridgehead atoms. The molecular formula is C21H22FN5O2S. The number of nitrogens with zero attached hydrogens (tertiary/aromatic N) is 4. The van der Waals surface area contributed by atoms with Gasteiger partial charge in [0.25, 0.3) is 0 Å². The Hall–Kier alpha value is -3.07. The van der Waals surface area contributed by atoms with E-state index in [0.717, 1.165) is 37.1 Å². The van der Waals surface area contributed by atoms with E-state index in [1.165, 1.54) is 28.6 Å². The van der Waals surface area contributed by atoms with Crippen LogP contribution in [-0.2, 0) is 11.3 Å². The maximum absolute atomic E-state index is 13.2. The average Bonchev–Trinajstić information content (AvgIpc) is 3.41. The van der Waals surface area contributed by atoms with E-state index in [0.29, 0.717) is 23.1 Å². The van der Waals surface area contributed by atoms with Gasteiger partial charge in [0.2, 0.25) is 11.1 Å². The standard InChI is InChI=1S/C21H22FN5O2S/c22-16-10-8-15(9-11-16)20-24-25-21(27(20)23)30-14-19(28)26(13-18-7-4-12-29-18)17-5-2-1-3-6-17/h4-5,7-12H,1-3,6,13-14,23H2. The smallest absolute Gasteiger partial charge is 0.237 e. The van der Waals surface area contributed by atoms with Gasteiger partial charge in [-0.15, -0.1) is 10.2 Å². The monoisotopic (exact) mass is 427 g/mol. The summed E-state index contributed by atoms with van der Waals surface area (Å²) in [6.07, 6.45) is 7.80. The Morgan fingerprint density at radius 1 is 1.23 bits per heavy atom. The lowest BCUT2D eigenvalue weighted by Crippen LogP contribution is -2.32. The van der Waals surface area contributed by atoms with Crippen LogP contribution in [0.15, 0.2) is 64.0 Å². The second kappa shape index (κ2) is 9.17. The Morgan fingerprint density at radius 3 is 2.77 bits per heavy atom. The first kappa shape index (κ1) is 20.2. The third-order valence-electron chi connectivity index (χ3n) is 4.90. The summed E-state index contributed by atoms with van der Waals surface area (Å²) in [4.78, 5) is 14.8. The largest absolute Gasteiger partial charge is 0.467 e. The van der Waals surface area contributed by atoms with Gasteiger partial charge < -0.3 is 15.2 Å². The van der Waals surface area contributed by atoms with Gasteiger partial charge in [0.1, 0.15) is 11.6 Å². The zero-order chi connectivity index (χ0) is 20.9. The van der Waals surface area contributed by atoms with Crippen LogP contribution in [0.5, 0.6) is 0 Å². The number of halogens is 1. The maximum Gasteiger partial charge on any atom is 0.237 e. The van der Waals surface area contributed by atoms with Gasteiger partial charge in [-0.25, -0.2) is 9.07 Å². The number of furan rings is 1. The Labute approximate surface area is 177 Å². The molecule has 1 amide bonds. The van der Waals surface area contributed by atoms with Crippen molar-refractivity contribution in [2.24, 2.45) is 0 Å². The fourth-order valence-corrected chi connectivity index (χ4v) is 4.08. The first-order valence-electron chi connectivity index (χ1n) is 9.73. The normalized spacial score (nSPS) is 13.8. The minimum absolute atomic E-state index is 0.0455. The quantitative estimate of drug-likeness (QED) is 0.453. The van der Waals surface area contributed by atoms with Crippen molar-refractivity contribution in [3.8, 4) is 11.4 Å². The van der Waals surface area contributed by atoms with Gasteiger partial charge in [-0.2, -0.15) is 0 Å². The van der Waals surface area contributed by atoms with Gasteiger partial charge in [-0.1, -0.05) is 17.8 Å². The van der Waals surface area contributed by atoms with Crippen molar-refractivity contribution in [1.82, 2.24) is 19.8 Å². The summed E-state index contributed by atoms with van der Waals surface area (Å²) in [5.41, 5.74) is 1.68. The van der Waals surface area contributed by atoms with Crippen LogP contribution in [-0.4, -0.2) is 31.4 Å². The SMILES string of the molecule is Nn1c(SCC(=O)N(Cc2ccco2)C2=CCCCC2)nnc1-c1ccc(F)cc1. The van der Waals surface area contributed by atoms with Crippen LogP contribution in [0.4, 0.5) is 4.39 Å². The summed E-state index contributed by atoms with van der Waals surface area (Å²) >= 11 is 1.22. The van der Waals surface area contributed by atoms with Crippen molar-refractivity contribution in [2.45, 2.75) is 37.4 Å². The predicted molar refractivity (Wildman–Crippen MR) is 112 cm³/mol. The fourth-order valence-electron chi connectivity index (χ4n) is 3.35. The Morgan fingerprint density at radius 2 is 2.07 bits per heavy atom. The van der Waals surface area contributed by atoms with Gasteiger partial charge in [-0.3, -0.25) is 4.79 Å². The highest BCUT2D eigenvalue weighted by Gasteiger charge is 2.22. The number of rotatable bonds is 7. The zero-order valence-corrected chi connectivity index (χ0v) is 17.1. The number of thioether (sulfide) groups is 1. The summed E-state index contributed by atoms with van der Waals surface area (Å²) in [5.74, 6) is 7.04. The van der Waals surface area contributed by atoms with E-state index in [1.807, 2.05) is 12.1 Å². The summed E-state index contributed by atoms with van der Waals surface area (Å²) in [6, 6.07) is 9.53. The Balaban J connectivity index is 1.46. The lowest BCUT2D eigenvalue weighted by molar-refractivity contribution is -0.127. The molecule has 1 aromatic carbocycles. The number of benzene rings is 1. The molecule has 2 N–H and O–H groups in total. The maximum atomic E-state index is 13.2. The minimum atomic E-state index is -0.337. The number of hydrogen-bond donors (Lipinski definition) is 1. The van der Waals surface area contributed by atoms with Gasteiger partial charge in [-0.05, 0) is 62.1 Å².